The Labute approximate surface area is 214 Å². The number of H-pyrrole nitrogens is 1. The summed E-state index contributed by atoms with van der Waals surface area (Å²) in [5.41, 5.74) is 2.96. The van der Waals surface area contributed by atoms with Crippen LogP contribution in [0.15, 0.2) is 76.0 Å². The molecule has 0 radical (unpaired) electrons. The summed E-state index contributed by atoms with van der Waals surface area (Å²) in [5, 5.41) is 0.555. The fourth-order valence-corrected chi connectivity index (χ4v) is 4.92. The first-order chi connectivity index (χ1) is 16.9. The SMILES string of the molecule is O=C(c1ccc(Cn2c(=S)[nH]c3ccc(Br)cc3c2=O)cc1)N1CCN(c2ccc(F)cc2)CC1. The van der Waals surface area contributed by atoms with Crippen LogP contribution in [0.4, 0.5) is 10.1 Å². The maximum Gasteiger partial charge on any atom is 0.262 e. The molecule has 1 fully saturated rings. The van der Waals surface area contributed by atoms with Crippen LogP contribution >= 0.6 is 28.1 Å². The summed E-state index contributed by atoms with van der Waals surface area (Å²) >= 11 is 8.82. The number of carbonyl (C=O) groups excluding carboxylic acids is 1. The molecule has 0 spiro atoms. The molecule has 35 heavy (non-hydrogen) atoms. The van der Waals surface area contributed by atoms with Gasteiger partial charge in [0.25, 0.3) is 11.5 Å². The lowest BCUT2D eigenvalue weighted by Crippen LogP contribution is -2.48. The highest BCUT2D eigenvalue weighted by Crippen LogP contribution is 2.19. The van der Waals surface area contributed by atoms with Crippen molar-refractivity contribution in [2.75, 3.05) is 31.1 Å². The van der Waals surface area contributed by atoms with Gasteiger partial charge in [0, 0.05) is 41.9 Å². The number of anilines is 1. The first-order valence-corrected chi connectivity index (χ1v) is 12.4. The van der Waals surface area contributed by atoms with E-state index in [2.05, 4.69) is 25.8 Å². The van der Waals surface area contributed by atoms with Gasteiger partial charge in [0.15, 0.2) is 4.77 Å². The molecular weight excluding hydrogens is 531 g/mol. The summed E-state index contributed by atoms with van der Waals surface area (Å²) in [5.74, 6) is -0.285. The highest BCUT2D eigenvalue weighted by atomic mass is 79.9. The lowest BCUT2D eigenvalue weighted by molar-refractivity contribution is 0.0747. The van der Waals surface area contributed by atoms with Gasteiger partial charge in [0.1, 0.15) is 5.82 Å². The number of carbonyl (C=O) groups is 1. The number of aromatic amines is 1. The number of fused-ring (bicyclic) bond motifs is 1. The first-order valence-electron chi connectivity index (χ1n) is 11.2. The smallest absolute Gasteiger partial charge is 0.262 e. The number of rotatable bonds is 4. The third-order valence-corrected chi connectivity index (χ3v) is 7.06. The van der Waals surface area contributed by atoms with Crippen LogP contribution in [0.2, 0.25) is 0 Å². The zero-order valence-corrected chi connectivity index (χ0v) is 21.1. The number of amides is 1. The average Bonchev–Trinajstić information content (AvgIpc) is 2.88. The van der Waals surface area contributed by atoms with Crippen LogP contribution in [0, 0.1) is 10.6 Å². The van der Waals surface area contributed by atoms with Crippen molar-refractivity contribution in [3.8, 4) is 0 Å². The quantitative estimate of drug-likeness (QED) is 0.363. The van der Waals surface area contributed by atoms with Gasteiger partial charge in [-0.3, -0.25) is 14.2 Å². The molecule has 4 aromatic rings. The van der Waals surface area contributed by atoms with E-state index in [1.807, 2.05) is 29.2 Å². The van der Waals surface area contributed by atoms with Crippen molar-refractivity contribution in [2.24, 2.45) is 0 Å². The minimum Gasteiger partial charge on any atom is -0.368 e. The van der Waals surface area contributed by atoms with Crippen LogP contribution in [-0.2, 0) is 6.54 Å². The van der Waals surface area contributed by atoms with E-state index in [4.69, 9.17) is 12.2 Å². The standard InChI is InChI=1S/C26H22BrFN4O2S/c27-19-5-10-23-22(15-19)25(34)32(26(35)29-23)16-17-1-3-18(4-2-17)24(33)31-13-11-30(12-14-31)21-8-6-20(28)7-9-21/h1-10,15H,11-14,16H2,(H,29,35). The van der Waals surface area contributed by atoms with Crippen molar-refractivity contribution in [2.45, 2.75) is 6.54 Å². The monoisotopic (exact) mass is 552 g/mol. The van der Waals surface area contributed by atoms with E-state index in [0.717, 1.165) is 15.7 Å². The molecule has 0 bridgehead atoms. The Morgan fingerprint density at radius 1 is 0.971 bits per heavy atom. The number of hydrogen-bond acceptors (Lipinski definition) is 4. The average molecular weight is 553 g/mol. The van der Waals surface area contributed by atoms with E-state index < -0.39 is 0 Å². The van der Waals surface area contributed by atoms with E-state index in [1.54, 1.807) is 30.3 Å². The van der Waals surface area contributed by atoms with Gasteiger partial charge in [-0.2, -0.15) is 0 Å². The summed E-state index contributed by atoms with van der Waals surface area (Å²) in [7, 11) is 0. The molecule has 0 unspecified atom stereocenters. The Hall–Kier alpha value is -3.30. The van der Waals surface area contributed by atoms with E-state index in [9.17, 15) is 14.0 Å². The Morgan fingerprint density at radius 2 is 1.66 bits per heavy atom. The van der Waals surface area contributed by atoms with E-state index in [-0.39, 0.29) is 17.3 Å². The number of hydrogen-bond donors (Lipinski definition) is 1. The van der Waals surface area contributed by atoms with Gasteiger partial charge in [0.05, 0.1) is 17.4 Å². The van der Waals surface area contributed by atoms with Crippen LogP contribution in [0.1, 0.15) is 15.9 Å². The summed E-state index contributed by atoms with van der Waals surface area (Å²) in [4.78, 5) is 33.1. The van der Waals surface area contributed by atoms with Crippen molar-refractivity contribution in [1.82, 2.24) is 14.5 Å². The molecule has 1 aromatic heterocycles. The highest BCUT2D eigenvalue weighted by Gasteiger charge is 2.22. The zero-order chi connectivity index (χ0) is 24.5. The fourth-order valence-electron chi connectivity index (χ4n) is 4.30. The Morgan fingerprint density at radius 3 is 2.34 bits per heavy atom. The topological polar surface area (TPSA) is 61.3 Å². The van der Waals surface area contributed by atoms with Crippen LogP contribution in [0.25, 0.3) is 10.9 Å². The number of aromatic nitrogens is 2. The lowest BCUT2D eigenvalue weighted by Gasteiger charge is -2.36. The maximum atomic E-state index is 13.2. The molecular formula is C26H22BrFN4O2S. The second kappa shape index (κ2) is 9.75. The van der Waals surface area contributed by atoms with Crippen molar-refractivity contribution in [1.29, 1.82) is 0 Å². The molecule has 0 atom stereocenters. The molecule has 1 saturated heterocycles. The zero-order valence-electron chi connectivity index (χ0n) is 18.7. The Balaban J connectivity index is 1.27. The van der Waals surface area contributed by atoms with Crippen molar-refractivity contribution in [3.05, 3.63) is 103 Å². The number of halogens is 2. The van der Waals surface area contributed by atoms with Crippen LogP contribution in [-0.4, -0.2) is 46.5 Å². The van der Waals surface area contributed by atoms with Crippen LogP contribution in [0.3, 0.4) is 0 Å². The van der Waals surface area contributed by atoms with Gasteiger partial charge < -0.3 is 14.8 Å². The lowest BCUT2D eigenvalue weighted by atomic mass is 10.1. The number of benzene rings is 3. The van der Waals surface area contributed by atoms with Crippen molar-refractivity contribution < 1.29 is 9.18 Å². The number of piperazine rings is 1. The van der Waals surface area contributed by atoms with Crippen LogP contribution < -0.4 is 10.5 Å². The molecule has 6 nitrogen and oxygen atoms in total. The van der Waals surface area contributed by atoms with E-state index >= 15 is 0 Å². The molecule has 3 aromatic carbocycles. The first kappa shape index (κ1) is 23.4. The Kier molecular flexibility index (Phi) is 6.53. The minimum atomic E-state index is -0.258. The van der Waals surface area contributed by atoms with Gasteiger partial charge in [-0.05, 0) is 72.4 Å². The Bertz CT molecular complexity index is 1510. The van der Waals surface area contributed by atoms with E-state index in [1.165, 1.54) is 16.7 Å². The second-order valence-corrected chi connectivity index (χ2v) is 9.77. The third kappa shape index (κ3) is 4.92. The molecule has 9 heteroatoms. The molecule has 178 valence electrons. The predicted molar refractivity (Wildman–Crippen MR) is 141 cm³/mol. The summed E-state index contributed by atoms with van der Waals surface area (Å²) in [6.07, 6.45) is 0. The molecule has 1 N–H and O–H groups in total. The van der Waals surface area contributed by atoms with Gasteiger partial charge in [-0.15, -0.1) is 0 Å². The van der Waals surface area contributed by atoms with Gasteiger partial charge in [-0.1, -0.05) is 28.1 Å². The molecule has 0 aliphatic carbocycles. The van der Waals surface area contributed by atoms with Crippen LogP contribution in [0.5, 0.6) is 0 Å². The highest BCUT2D eigenvalue weighted by molar-refractivity contribution is 9.10. The van der Waals surface area contributed by atoms with Crippen molar-refractivity contribution in [3.63, 3.8) is 0 Å². The second-order valence-electron chi connectivity index (χ2n) is 8.46. The van der Waals surface area contributed by atoms with E-state index in [0.29, 0.717) is 54.0 Å². The molecule has 5 rings (SSSR count). The molecule has 1 aliphatic rings. The molecule has 1 amide bonds. The third-order valence-electron chi connectivity index (χ3n) is 6.24. The normalized spacial score (nSPS) is 13.9. The number of nitrogens with one attached hydrogen (secondary N) is 1. The van der Waals surface area contributed by atoms with Gasteiger partial charge >= 0.3 is 0 Å². The van der Waals surface area contributed by atoms with Crippen molar-refractivity contribution >= 4 is 50.6 Å². The van der Waals surface area contributed by atoms with Gasteiger partial charge in [-0.25, -0.2) is 4.39 Å². The molecule has 0 saturated carbocycles. The summed E-state index contributed by atoms with van der Waals surface area (Å²) in [6, 6.07) is 19.2. The molecule has 1 aliphatic heterocycles. The number of nitrogens with zero attached hydrogens (tertiary/aromatic N) is 3. The fraction of sp³-hybridized carbons (Fsp3) is 0.192. The minimum absolute atomic E-state index is 0.0275. The largest absolute Gasteiger partial charge is 0.368 e. The maximum absolute atomic E-state index is 13.2. The predicted octanol–water partition coefficient (Wildman–Crippen LogP) is 4.97. The van der Waals surface area contributed by atoms with Gasteiger partial charge in [0.2, 0.25) is 0 Å². The molecule has 2 heterocycles. The summed E-state index contributed by atoms with van der Waals surface area (Å²) < 4.78 is 15.9. The summed E-state index contributed by atoms with van der Waals surface area (Å²) in [6.45, 7) is 2.87.